The van der Waals surface area contributed by atoms with Crippen LogP contribution in [-0.4, -0.2) is 44.9 Å². The van der Waals surface area contributed by atoms with Crippen LogP contribution in [0.4, 0.5) is 4.79 Å². The molecule has 1 N–H and O–H groups in total. The Hall–Kier alpha value is -1.79. The highest BCUT2D eigenvalue weighted by molar-refractivity contribution is 5.74. The van der Waals surface area contributed by atoms with E-state index in [4.69, 9.17) is 0 Å². The third-order valence-electron chi connectivity index (χ3n) is 4.09. The molecule has 1 saturated heterocycles. The van der Waals surface area contributed by atoms with Gasteiger partial charge < -0.3 is 10.2 Å². The van der Waals surface area contributed by atoms with Gasteiger partial charge in [0.2, 0.25) is 0 Å². The average molecular weight is 309 g/mol. The Morgan fingerprint density at radius 3 is 2.82 bits per heavy atom. The van der Waals surface area contributed by atoms with E-state index < -0.39 is 0 Å². The summed E-state index contributed by atoms with van der Waals surface area (Å²) in [5, 5.41) is 7.34. The maximum Gasteiger partial charge on any atom is 0.345 e. The van der Waals surface area contributed by atoms with Crippen LogP contribution in [0.2, 0.25) is 0 Å². The number of amides is 2. The molecular formula is C15H27N5O2. The molecule has 1 aliphatic rings. The van der Waals surface area contributed by atoms with Gasteiger partial charge in [0, 0.05) is 39.1 Å². The van der Waals surface area contributed by atoms with Crippen LogP contribution >= 0.6 is 0 Å². The fourth-order valence-corrected chi connectivity index (χ4v) is 2.90. The molecule has 0 radical (unpaired) electrons. The van der Waals surface area contributed by atoms with Gasteiger partial charge >= 0.3 is 11.7 Å². The summed E-state index contributed by atoms with van der Waals surface area (Å²) in [6.45, 7) is 8.79. The zero-order valence-electron chi connectivity index (χ0n) is 14.0. The topological polar surface area (TPSA) is 72.2 Å². The lowest BCUT2D eigenvalue weighted by atomic mass is 9.97. The minimum absolute atomic E-state index is 0.0141. The number of nitrogens with one attached hydrogen (secondary N) is 1. The summed E-state index contributed by atoms with van der Waals surface area (Å²) in [5.41, 5.74) is -0.0844. The number of hydrogen-bond acceptors (Lipinski definition) is 3. The molecule has 22 heavy (non-hydrogen) atoms. The summed E-state index contributed by atoms with van der Waals surface area (Å²) in [6, 6.07) is -0.0141. The Labute approximate surface area is 131 Å². The highest BCUT2D eigenvalue weighted by atomic mass is 16.2. The highest BCUT2D eigenvalue weighted by Crippen LogP contribution is 2.25. The van der Waals surface area contributed by atoms with Crippen LogP contribution in [-0.2, 0) is 13.6 Å². The van der Waals surface area contributed by atoms with Crippen molar-refractivity contribution in [3.63, 3.8) is 0 Å². The Morgan fingerprint density at radius 1 is 1.45 bits per heavy atom. The van der Waals surface area contributed by atoms with E-state index >= 15 is 0 Å². The smallest absolute Gasteiger partial charge is 0.338 e. The van der Waals surface area contributed by atoms with Crippen LogP contribution in [0.3, 0.4) is 0 Å². The molecule has 1 aromatic rings. The molecule has 1 atom stereocenters. The molecule has 1 aliphatic heterocycles. The first-order valence-electron chi connectivity index (χ1n) is 8.10. The SMILES string of the molecule is CCn1c(C2CCCN(C(=O)NCC(C)C)C2)nn(C)c1=O. The van der Waals surface area contributed by atoms with Gasteiger partial charge in [-0.3, -0.25) is 4.57 Å². The summed E-state index contributed by atoms with van der Waals surface area (Å²) >= 11 is 0. The van der Waals surface area contributed by atoms with Crippen LogP contribution in [0.5, 0.6) is 0 Å². The molecule has 1 unspecified atom stereocenters. The largest absolute Gasteiger partial charge is 0.345 e. The molecule has 7 nitrogen and oxygen atoms in total. The number of nitrogens with zero attached hydrogens (tertiary/aromatic N) is 4. The number of aryl methyl sites for hydroxylation is 1. The van der Waals surface area contributed by atoms with Crippen molar-refractivity contribution in [1.29, 1.82) is 0 Å². The molecule has 1 aromatic heterocycles. The van der Waals surface area contributed by atoms with Gasteiger partial charge in [-0.15, -0.1) is 0 Å². The summed E-state index contributed by atoms with van der Waals surface area (Å²) in [4.78, 5) is 26.1. The second kappa shape index (κ2) is 6.98. The average Bonchev–Trinajstić information content (AvgIpc) is 2.80. The van der Waals surface area contributed by atoms with E-state index in [2.05, 4.69) is 24.3 Å². The predicted molar refractivity (Wildman–Crippen MR) is 84.9 cm³/mol. The van der Waals surface area contributed by atoms with E-state index in [1.165, 1.54) is 4.68 Å². The quantitative estimate of drug-likeness (QED) is 0.907. The van der Waals surface area contributed by atoms with Gasteiger partial charge in [0.05, 0.1) is 0 Å². The van der Waals surface area contributed by atoms with E-state index in [0.29, 0.717) is 25.6 Å². The van der Waals surface area contributed by atoms with Gasteiger partial charge in [-0.2, -0.15) is 5.10 Å². The van der Waals surface area contributed by atoms with Crippen LogP contribution in [0.15, 0.2) is 4.79 Å². The van der Waals surface area contributed by atoms with Gasteiger partial charge in [-0.25, -0.2) is 14.3 Å². The molecule has 2 amide bonds. The zero-order valence-corrected chi connectivity index (χ0v) is 14.0. The van der Waals surface area contributed by atoms with Crippen molar-refractivity contribution in [2.45, 2.75) is 46.1 Å². The summed E-state index contributed by atoms with van der Waals surface area (Å²) in [7, 11) is 1.67. The van der Waals surface area contributed by atoms with Crippen molar-refractivity contribution >= 4 is 6.03 Å². The normalized spacial score (nSPS) is 18.8. The molecule has 0 aromatic carbocycles. The van der Waals surface area contributed by atoms with Gasteiger partial charge in [-0.1, -0.05) is 13.8 Å². The number of carbonyl (C=O) groups is 1. The molecule has 0 spiro atoms. The zero-order chi connectivity index (χ0) is 16.3. The van der Waals surface area contributed by atoms with Crippen molar-refractivity contribution in [2.75, 3.05) is 19.6 Å². The van der Waals surface area contributed by atoms with Gasteiger partial charge in [0.25, 0.3) is 0 Å². The molecule has 124 valence electrons. The summed E-state index contributed by atoms with van der Waals surface area (Å²) in [5.74, 6) is 1.37. The lowest BCUT2D eigenvalue weighted by Gasteiger charge is -2.32. The fraction of sp³-hybridized carbons (Fsp3) is 0.800. The number of likely N-dealkylation sites (tertiary alicyclic amines) is 1. The van der Waals surface area contributed by atoms with Crippen LogP contribution in [0, 0.1) is 5.92 Å². The Morgan fingerprint density at radius 2 is 2.18 bits per heavy atom. The number of carbonyl (C=O) groups excluding carboxylic acids is 1. The molecule has 2 rings (SSSR count). The molecule has 0 bridgehead atoms. The van der Waals surface area contributed by atoms with Crippen molar-refractivity contribution in [1.82, 2.24) is 24.6 Å². The van der Waals surface area contributed by atoms with E-state index in [1.807, 2.05) is 11.8 Å². The molecule has 0 saturated carbocycles. The van der Waals surface area contributed by atoms with Crippen molar-refractivity contribution < 1.29 is 4.79 Å². The second-order valence-electron chi connectivity index (χ2n) is 6.37. The number of urea groups is 1. The Balaban J connectivity index is 2.09. The monoisotopic (exact) mass is 309 g/mol. The molecule has 2 heterocycles. The first-order valence-corrected chi connectivity index (χ1v) is 8.10. The number of hydrogen-bond donors (Lipinski definition) is 1. The van der Waals surface area contributed by atoms with E-state index in [0.717, 1.165) is 25.2 Å². The van der Waals surface area contributed by atoms with Crippen molar-refractivity contribution in [3.8, 4) is 0 Å². The number of piperidine rings is 1. The maximum absolute atomic E-state index is 12.2. The minimum atomic E-state index is -0.0844. The predicted octanol–water partition coefficient (Wildman–Crippen LogP) is 1.15. The van der Waals surface area contributed by atoms with Crippen molar-refractivity contribution in [2.24, 2.45) is 13.0 Å². The van der Waals surface area contributed by atoms with E-state index in [-0.39, 0.29) is 17.6 Å². The van der Waals surface area contributed by atoms with E-state index in [1.54, 1.807) is 11.6 Å². The highest BCUT2D eigenvalue weighted by Gasteiger charge is 2.28. The third kappa shape index (κ3) is 3.51. The molecule has 7 heteroatoms. The maximum atomic E-state index is 12.2. The first kappa shape index (κ1) is 16.6. The van der Waals surface area contributed by atoms with Crippen LogP contribution < -0.4 is 11.0 Å². The third-order valence-corrected chi connectivity index (χ3v) is 4.09. The van der Waals surface area contributed by atoms with E-state index in [9.17, 15) is 9.59 Å². The second-order valence-corrected chi connectivity index (χ2v) is 6.37. The van der Waals surface area contributed by atoms with Gasteiger partial charge in [0.15, 0.2) is 0 Å². The summed E-state index contributed by atoms with van der Waals surface area (Å²) in [6.07, 6.45) is 1.90. The lowest BCUT2D eigenvalue weighted by molar-refractivity contribution is 0.176. The molecule has 1 fully saturated rings. The lowest BCUT2D eigenvalue weighted by Crippen LogP contribution is -2.46. The van der Waals surface area contributed by atoms with Gasteiger partial charge in [0.1, 0.15) is 5.82 Å². The molecular weight excluding hydrogens is 282 g/mol. The van der Waals surface area contributed by atoms with Crippen LogP contribution in [0.1, 0.15) is 45.4 Å². The standard InChI is InChI=1S/C15H27N5O2/c1-5-20-13(17-18(4)15(20)22)12-7-6-8-19(10-12)14(21)16-9-11(2)3/h11-12H,5-10H2,1-4H3,(H,16,21). The number of aromatic nitrogens is 3. The fourth-order valence-electron chi connectivity index (χ4n) is 2.90. The first-order chi connectivity index (χ1) is 10.4. The molecule has 0 aliphatic carbocycles. The number of rotatable bonds is 4. The Bertz CT molecular complexity index is 575. The Kier molecular flexibility index (Phi) is 5.26. The minimum Gasteiger partial charge on any atom is -0.338 e. The summed E-state index contributed by atoms with van der Waals surface area (Å²) < 4.78 is 3.09. The van der Waals surface area contributed by atoms with Crippen molar-refractivity contribution in [3.05, 3.63) is 16.3 Å². The van der Waals surface area contributed by atoms with Gasteiger partial charge in [-0.05, 0) is 25.7 Å². The van der Waals surface area contributed by atoms with Crippen LogP contribution in [0.25, 0.3) is 0 Å².